The van der Waals surface area contributed by atoms with Gasteiger partial charge < -0.3 is 0 Å². The van der Waals surface area contributed by atoms with Crippen LogP contribution in [-0.4, -0.2) is 11.6 Å². The van der Waals surface area contributed by atoms with Gasteiger partial charge in [0, 0.05) is 11.1 Å². The zero-order chi connectivity index (χ0) is 17.4. The van der Waals surface area contributed by atoms with Crippen molar-refractivity contribution in [3.05, 3.63) is 96.1 Å². The number of allylic oxidation sites excluding steroid dienone is 4. The van der Waals surface area contributed by atoms with Crippen LogP contribution >= 0.6 is 0 Å². The third kappa shape index (κ3) is 5.47. The van der Waals surface area contributed by atoms with Crippen LogP contribution in [0.15, 0.2) is 85.0 Å². The van der Waals surface area contributed by atoms with Crippen molar-refractivity contribution in [2.45, 2.75) is 20.3 Å². The van der Waals surface area contributed by atoms with Gasteiger partial charge in [-0.3, -0.25) is 9.59 Å². The molecule has 0 amide bonds. The molecule has 2 heteroatoms. The summed E-state index contributed by atoms with van der Waals surface area (Å²) in [5, 5.41) is 0. The first-order chi connectivity index (χ1) is 11.5. The number of hydrogen-bond donors (Lipinski definition) is 0. The molecule has 0 aliphatic heterocycles. The molecule has 0 bridgehead atoms. The van der Waals surface area contributed by atoms with E-state index in [9.17, 15) is 9.59 Å². The number of ketones is 2. The van der Waals surface area contributed by atoms with Gasteiger partial charge in [-0.1, -0.05) is 86.7 Å². The zero-order valence-electron chi connectivity index (χ0n) is 14.1. The van der Waals surface area contributed by atoms with Crippen LogP contribution in [0.25, 0.3) is 0 Å². The van der Waals surface area contributed by atoms with Crippen LogP contribution in [0.3, 0.4) is 0 Å². The first kappa shape index (κ1) is 17.6. The second-order valence-corrected chi connectivity index (χ2v) is 6.39. The molecule has 0 spiro atoms. The quantitative estimate of drug-likeness (QED) is 0.514. The summed E-state index contributed by atoms with van der Waals surface area (Å²) in [6.07, 6.45) is 7.67. The lowest BCUT2D eigenvalue weighted by Crippen LogP contribution is -2.07. The maximum Gasteiger partial charge on any atom is 0.185 e. The summed E-state index contributed by atoms with van der Waals surface area (Å²) in [4.78, 5) is 24.1. The van der Waals surface area contributed by atoms with Gasteiger partial charge in [-0.25, -0.2) is 0 Å². The van der Waals surface area contributed by atoms with Crippen LogP contribution in [-0.2, 0) is 0 Å². The van der Waals surface area contributed by atoms with E-state index in [0.29, 0.717) is 17.5 Å². The van der Waals surface area contributed by atoms with E-state index in [1.165, 1.54) is 0 Å². The Bertz CT molecular complexity index is 738. The number of hydrogen-bond acceptors (Lipinski definition) is 2. The molecule has 122 valence electrons. The SMILES string of the molecule is CC(C)(/C=C/C(=O)c1ccccc1)C/C=C/C(=O)c1ccccc1. The highest BCUT2D eigenvalue weighted by Gasteiger charge is 2.13. The maximum absolute atomic E-state index is 12.1. The van der Waals surface area contributed by atoms with E-state index >= 15 is 0 Å². The molecule has 0 atom stereocenters. The molecule has 0 N–H and O–H groups in total. The number of carbonyl (C=O) groups excluding carboxylic acids is 2. The van der Waals surface area contributed by atoms with E-state index in [1.54, 1.807) is 36.4 Å². The molecule has 2 aromatic rings. The van der Waals surface area contributed by atoms with Crippen molar-refractivity contribution < 1.29 is 9.59 Å². The molecule has 0 aromatic heterocycles. The summed E-state index contributed by atoms with van der Waals surface area (Å²) in [6, 6.07) is 18.4. The predicted octanol–water partition coefficient (Wildman–Crippen LogP) is 5.28. The Hall–Kier alpha value is -2.74. The highest BCUT2D eigenvalue weighted by atomic mass is 16.1. The Kier molecular flexibility index (Phi) is 6.02. The van der Waals surface area contributed by atoms with Gasteiger partial charge in [0.25, 0.3) is 0 Å². The highest BCUT2D eigenvalue weighted by Crippen LogP contribution is 2.23. The fourth-order valence-corrected chi connectivity index (χ4v) is 2.24. The monoisotopic (exact) mass is 318 g/mol. The van der Waals surface area contributed by atoms with Crippen molar-refractivity contribution in [3.8, 4) is 0 Å². The molecular formula is C22H22O2. The van der Waals surface area contributed by atoms with Crippen LogP contribution in [0.4, 0.5) is 0 Å². The zero-order valence-corrected chi connectivity index (χ0v) is 14.1. The van der Waals surface area contributed by atoms with Crippen molar-refractivity contribution in [2.24, 2.45) is 5.41 Å². The van der Waals surface area contributed by atoms with Crippen molar-refractivity contribution in [2.75, 3.05) is 0 Å². The Balaban J connectivity index is 1.93. The predicted molar refractivity (Wildman–Crippen MR) is 98.2 cm³/mol. The lowest BCUT2D eigenvalue weighted by Gasteiger charge is -2.17. The molecule has 0 heterocycles. The van der Waals surface area contributed by atoms with Gasteiger partial charge in [-0.15, -0.1) is 0 Å². The van der Waals surface area contributed by atoms with E-state index in [-0.39, 0.29) is 17.0 Å². The van der Waals surface area contributed by atoms with E-state index < -0.39 is 0 Å². The largest absolute Gasteiger partial charge is 0.289 e. The topological polar surface area (TPSA) is 34.1 Å². The molecule has 24 heavy (non-hydrogen) atoms. The number of carbonyl (C=O) groups is 2. The smallest absolute Gasteiger partial charge is 0.185 e. The van der Waals surface area contributed by atoms with E-state index in [2.05, 4.69) is 0 Å². The lowest BCUT2D eigenvalue weighted by atomic mass is 9.88. The fraction of sp³-hybridized carbons (Fsp3) is 0.182. The summed E-state index contributed by atoms with van der Waals surface area (Å²) in [7, 11) is 0. The maximum atomic E-state index is 12.1. The molecule has 2 aromatic carbocycles. The molecule has 0 radical (unpaired) electrons. The molecule has 2 rings (SSSR count). The third-order valence-electron chi connectivity index (χ3n) is 3.72. The summed E-state index contributed by atoms with van der Waals surface area (Å²) in [5.41, 5.74) is 1.17. The second kappa shape index (κ2) is 8.21. The van der Waals surface area contributed by atoms with E-state index in [4.69, 9.17) is 0 Å². The Morgan fingerprint density at radius 2 is 1.25 bits per heavy atom. The van der Waals surface area contributed by atoms with Gasteiger partial charge in [0.1, 0.15) is 0 Å². The molecule has 0 aliphatic rings. The molecule has 0 saturated heterocycles. The highest BCUT2D eigenvalue weighted by molar-refractivity contribution is 6.05. The Labute approximate surface area is 143 Å². The summed E-state index contributed by atoms with van der Waals surface area (Å²) in [6.45, 7) is 4.08. The summed E-state index contributed by atoms with van der Waals surface area (Å²) >= 11 is 0. The minimum atomic E-state index is -0.197. The average Bonchev–Trinajstić information content (AvgIpc) is 2.61. The van der Waals surface area contributed by atoms with Gasteiger partial charge >= 0.3 is 0 Å². The lowest BCUT2D eigenvalue weighted by molar-refractivity contribution is 0.103. The number of rotatable bonds is 7. The normalized spacial score (nSPS) is 11.9. The second-order valence-electron chi connectivity index (χ2n) is 6.39. The van der Waals surface area contributed by atoms with Crippen molar-refractivity contribution >= 4 is 11.6 Å². The summed E-state index contributed by atoms with van der Waals surface area (Å²) < 4.78 is 0. The minimum absolute atomic E-state index is 0.00394. The van der Waals surface area contributed by atoms with Crippen LogP contribution in [0, 0.1) is 5.41 Å². The van der Waals surface area contributed by atoms with Crippen molar-refractivity contribution in [1.82, 2.24) is 0 Å². The van der Waals surface area contributed by atoms with E-state index in [0.717, 1.165) is 0 Å². The number of benzene rings is 2. The van der Waals surface area contributed by atoms with Crippen molar-refractivity contribution in [1.29, 1.82) is 0 Å². The van der Waals surface area contributed by atoms with Crippen LogP contribution in [0.5, 0.6) is 0 Å². The van der Waals surface area contributed by atoms with Gasteiger partial charge in [0.05, 0.1) is 0 Å². The molecular weight excluding hydrogens is 296 g/mol. The fourth-order valence-electron chi connectivity index (χ4n) is 2.24. The Morgan fingerprint density at radius 3 is 1.75 bits per heavy atom. The molecule has 0 saturated carbocycles. The summed E-state index contributed by atoms with van der Waals surface area (Å²) in [5.74, 6) is -0.0104. The third-order valence-corrected chi connectivity index (χ3v) is 3.72. The van der Waals surface area contributed by atoms with Crippen LogP contribution in [0.2, 0.25) is 0 Å². The van der Waals surface area contributed by atoms with E-state index in [1.807, 2.05) is 62.4 Å². The first-order valence-electron chi connectivity index (χ1n) is 8.02. The van der Waals surface area contributed by atoms with Crippen LogP contribution < -0.4 is 0 Å². The minimum Gasteiger partial charge on any atom is -0.289 e. The molecule has 0 aliphatic carbocycles. The Morgan fingerprint density at radius 1 is 0.792 bits per heavy atom. The van der Waals surface area contributed by atoms with Crippen LogP contribution in [0.1, 0.15) is 41.0 Å². The van der Waals surface area contributed by atoms with Gasteiger partial charge in [0.15, 0.2) is 11.6 Å². The molecule has 0 fully saturated rings. The van der Waals surface area contributed by atoms with Gasteiger partial charge in [0.2, 0.25) is 0 Å². The first-order valence-corrected chi connectivity index (χ1v) is 8.02. The van der Waals surface area contributed by atoms with Gasteiger partial charge in [-0.05, 0) is 24.0 Å². The standard InChI is InChI=1S/C22H22O2/c1-22(2,17-15-21(24)19-12-7-4-8-13-19)16-9-14-20(23)18-10-5-3-6-11-18/h3-15,17H,16H2,1-2H3/b14-9+,17-15+. The molecule has 2 nitrogen and oxygen atoms in total. The van der Waals surface area contributed by atoms with Crippen molar-refractivity contribution in [3.63, 3.8) is 0 Å². The van der Waals surface area contributed by atoms with Gasteiger partial charge in [-0.2, -0.15) is 0 Å². The average molecular weight is 318 g/mol. The molecule has 0 unspecified atom stereocenters.